The van der Waals surface area contributed by atoms with Crippen LogP contribution in [0, 0.1) is 0 Å². The van der Waals surface area contributed by atoms with E-state index in [-0.39, 0.29) is 23.5 Å². The molecule has 1 aromatic rings. The molecular formula is C14H22N2O4S. The molecule has 1 unspecified atom stereocenters. The molecule has 21 heavy (non-hydrogen) atoms. The van der Waals surface area contributed by atoms with Crippen LogP contribution in [0.25, 0.3) is 0 Å². The summed E-state index contributed by atoms with van der Waals surface area (Å²) in [5.41, 5.74) is 0.900. The first-order chi connectivity index (χ1) is 9.78. The standard InChI is InChI=1S/C14H22N2O4S/c1-5-20-14(17)10-15-11(2)12-6-8-13(9-7-12)21(18,19)16(3)4/h6-9,11,15H,5,10H2,1-4H3. The van der Waals surface area contributed by atoms with Gasteiger partial charge in [0.2, 0.25) is 10.0 Å². The molecule has 1 atom stereocenters. The normalized spacial score (nSPS) is 13.2. The summed E-state index contributed by atoms with van der Waals surface area (Å²) in [6.07, 6.45) is 0. The van der Waals surface area contributed by atoms with Crippen molar-refractivity contribution in [3.05, 3.63) is 29.8 Å². The molecule has 0 radical (unpaired) electrons. The van der Waals surface area contributed by atoms with Gasteiger partial charge >= 0.3 is 5.97 Å². The Balaban J connectivity index is 2.72. The van der Waals surface area contributed by atoms with Crippen molar-refractivity contribution in [2.75, 3.05) is 27.2 Å². The highest BCUT2D eigenvalue weighted by Gasteiger charge is 2.17. The van der Waals surface area contributed by atoms with Gasteiger partial charge in [-0.05, 0) is 31.5 Å². The van der Waals surface area contributed by atoms with Crippen LogP contribution in [-0.4, -0.2) is 45.9 Å². The molecule has 0 spiro atoms. The van der Waals surface area contributed by atoms with E-state index in [0.29, 0.717) is 6.61 Å². The lowest BCUT2D eigenvalue weighted by Crippen LogP contribution is -2.27. The lowest BCUT2D eigenvalue weighted by molar-refractivity contribution is -0.142. The van der Waals surface area contributed by atoms with Crippen LogP contribution in [0.5, 0.6) is 0 Å². The maximum Gasteiger partial charge on any atom is 0.319 e. The third-order valence-electron chi connectivity index (χ3n) is 3.02. The van der Waals surface area contributed by atoms with Crippen LogP contribution in [-0.2, 0) is 19.6 Å². The predicted molar refractivity (Wildman–Crippen MR) is 80.4 cm³/mol. The number of nitrogens with one attached hydrogen (secondary N) is 1. The molecule has 1 rings (SSSR count). The van der Waals surface area contributed by atoms with Gasteiger partial charge in [0.05, 0.1) is 18.0 Å². The molecule has 0 aliphatic rings. The van der Waals surface area contributed by atoms with Crippen molar-refractivity contribution in [2.24, 2.45) is 0 Å². The molecule has 0 aromatic heterocycles. The summed E-state index contributed by atoms with van der Waals surface area (Å²) < 4.78 is 29.9. The van der Waals surface area contributed by atoms with E-state index >= 15 is 0 Å². The van der Waals surface area contributed by atoms with E-state index in [0.717, 1.165) is 5.56 Å². The topological polar surface area (TPSA) is 75.7 Å². The van der Waals surface area contributed by atoms with Crippen LogP contribution >= 0.6 is 0 Å². The van der Waals surface area contributed by atoms with Gasteiger partial charge in [0.1, 0.15) is 0 Å². The first-order valence-corrected chi connectivity index (χ1v) is 8.14. The Hall–Kier alpha value is -1.44. The SMILES string of the molecule is CCOC(=O)CNC(C)c1ccc(S(=O)(=O)N(C)C)cc1. The van der Waals surface area contributed by atoms with Gasteiger partial charge in [-0.15, -0.1) is 0 Å². The van der Waals surface area contributed by atoms with Crippen molar-refractivity contribution in [3.8, 4) is 0 Å². The van der Waals surface area contributed by atoms with Crippen LogP contribution in [0.3, 0.4) is 0 Å². The van der Waals surface area contributed by atoms with Crippen molar-refractivity contribution >= 4 is 16.0 Å². The van der Waals surface area contributed by atoms with Gasteiger partial charge in [0.25, 0.3) is 0 Å². The minimum atomic E-state index is -3.41. The fourth-order valence-electron chi connectivity index (χ4n) is 1.71. The molecule has 0 aliphatic heterocycles. The Morgan fingerprint density at radius 2 is 1.86 bits per heavy atom. The van der Waals surface area contributed by atoms with E-state index < -0.39 is 10.0 Å². The lowest BCUT2D eigenvalue weighted by Gasteiger charge is -2.15. The molecule has 0 bridgehead atoms. The van der Waals surface area contributed by atoms with Gasteiger partial charge in [-0.2, -0.15) is 0 Å². The second-order valence-corrected chi connectivity index (χ2v) is 6.92. The minimum Gasteiger partial charge on any atom is -0.465 e. The fourth-order valence-corrected chi connectivity index (χ4v) is 2.61. The van der Waals surface area contributed by atoms with Crippen molar-refractivity contribution in [2.45, 2.75) is 24.8 Å². The number of sulfonamides is 1. The quantitative estimate of drug-likeness (QED) is 0.764. The molecule has 6 nitrogen and oxygen atoms in total. The summed E-state index contributed by atoms with van der Waals surface area (Å²) in [6.45, 7) is 4.12. The Kier molecular flexibility index (Phi) is 6.32. The van der Waals surface area contributed by atoms with E-state index in [1.54, 1.807) is 31.2 Å². The number of esters is 1. The summed E-state index contributed by atoms with van der Waals surface area (Å²) in [4.78, 5) is 11.5. The van der Waals surface area contributed by atoms with Crippen LogP contribution < -0.4 is 5.32 Å². The maximum atomic E-state index is 11.9. The molecule has 0 heterocycles. The Morgan fingerprint density at radius 3 is 2.33 bits per heavy atom. The third-order valence-corrected chi connectivity index (χ3v) is 4.85. The van der Waals surface area contributed by atoms with E-state index in [2.05, 4.69) is 5.32 Å². The van der Waals surface area contributed by atoms with Crippen molar-refractivity contribution in [3.63, 3.8) is 0 Å². The van der Waals surface area contributed by atoms with E-state index in [9.17, 15) is 13.2 Å². The van der Waals surface area contributed by atoms with E-state index in [1.807, 2.05) is 6.92 Å². The van der Waals surface area contributed by atoms with Gasteiger partial charge in [0.15, 0.2) is 0 Å². The molecule has 0 fully saturated rings. The molecule has 118 valence electrons. The van der Waals surface area contributed by atoms with Gasteiger partial charge in [-0.3, -0.25) is 4.79 Å². The average Bonchev–Trinajstić information content (AvgIpc) is 2.45. The van der Waals surface area contributed by atoms with Crippen LogP contribution in [0.4, 0.5) is 0 Å². The largest absolute Gasteiger partial charge is 0.465 e. The fraction of sp³-hybridized carbons (Fsp3) is 0.500. The molecule has 1 aromatic carbocycles. The minimum absolute atomic E-state index is 0.0782. The molecule has 7 heteroatoms. The Morgan fingerprint density at radius 1 is 1.29 bits per heavy atom. The van der Waals surface area contributed by atoms with Crippen LogP contribution in [0.15, 0.2) is 29.2 Å². The third kappa shape index (κ3) is 4.80. The van der Waals surface area contributed by atoms with E-state index in [4.69, 9.17) is 4.74 Å². The summed E-state index contributed by atoms with van der Waals surface area (Å²) in [7, 11) is -0.428. The zero-order valence-electron chi connectivity index (χ0n) is 12.8. The second-order valence-electron chi connectivity index (χ2n) is 4.76. The first kappa shape index (κ1) is 17.6. The molecule has 0 aliphatic carbocycles. The first-order valence-electron chi connectivity index (χ1n) is 6.70. The van der Waals surface area contributed by atoms with Gasteiger partial charge < -0.3 is 10.1 Å². The molecule has 0 saturated heterocycles. The molecule has 0 amide bonds. The molecular weight excluding hydrogens is 292 g/mol. The van der Waals surface area contributed by atoms with Crippen molar-refractivity contribution in [1.82, 2.24) is 9.62 Å². The molecule has 1 N–H and O–H groups in total. The van der Waals surface area contributed by atoms with Gasteiger partial charge in [-0.1, -0.05) is 12.1 Å². The highest BCUT2D eigenvalue weighted by atomic mass is 32.2. The lowest BCUT2D eigenvalue weighted by atomic mass is 10.1. The number of benzene rings is 1. The monoisotopic (exact) mass is 314 g/mol. The number of nitrogens with zero attached hydrogens (tertiary/aromatic N) is 1. The number of hydrogen-bond acceptors (Lipinski definition) is 5. The number of carbonyl (C=O) groups excluding carboxylic acids is 1. The Labute approximate surface area is 126 Å². The van der Waals surface area contributed by atoms with Gasteiger partial charge in [0, 0.05) is 20.1 Å². The highest BCUT2D eigenvalue weighted by molar-refractivity contribution is 7.89. The number of rotatable bonds is 7. The van der Waals surface area contributed by atoms with E-state index in [1.165, 1.54) is 18.4 Å². The average molecular weight is 314 g/mol. The smallest absolute Gasteiger partial charge is 0.319 e. The summed E-state index contributed by atoms with van der Waals surface area (Å²) in [5.74, 6) is -0.309. The zero-order chi connectivity index (χ0) is 16.0. The number of ether oxygens (including phenoxy) is 1. The molecule has 0 saturated carbocycles. The highest BCUT2D eigenvalue weighted by Crippen LogP contribution is 2.17. The summed E-state index contributed by atoms with van der Waals surface area (Å²) in [5, 5.41) is 3.03. The van der Waals surface area contributed by atoms with Gasteiger partial charge in [-0.25, -0.2) is 12.7 Å². The number of hydrogen-bond donors (Lipinski definition) is 1. The van der Waals surface area contributed by atoms with Crippen LogP contribution in [0.1, 0.15) is 25.5 Å². The number of carbonyl (C=O) groups is 1. The summed E-state index contributed by atoms with van der Waals surface area (Å²) >= 11 is 0. The summed E-state index contributed by atoms with van der Waals surface area (Å²) in [6, 6.07) is 6.52. The maximum absolute atomic E-state index is 11.9. The Bertz CT molecular complexity index is 567. The van der Waals surface area contributed by atoms with Crippen molar-refractivity contribution < 1.29 is 17.9 Å². The van der Waals surface area contributed by atoms with Crippen molar-refractivity contribution in [1.29, 1.82) is 0 Å². The second kappa shape index (κ2) is 7.53. The predicted octanol–water partition coefficient (Wildman–Crippen LogP) is 1.15. The van der Waals surface area contributed by atoms with Crippen LogP contribution in [0.2, 0.25) is 0 Å². The zero-order valence-corrected chi connectivity index (χ0v) is 13.6.